The molecule has 2 rings (SSSR count). The van der Waals surface area contributed by atoms with Gasteiger partial charge in [0.2, 0.25) is 0 Å². The Bertz CT molecular complexity index is 623. The first-order valence-corrected chi connectivity index (χ1v) is 5.28. The topological polar surface area (TPSA) is 124 Å². The van der Waals surface area contributed by atoms with Crippen LogP contribution in [0.2, 0.25) is 0 Å². The van der Waals surface area contributed by atoms with Crippen molar-refractivity contribution in [1.29, 1.82) is 0 Å². The van der Waals surface area contributed by atoms with Gasteiger partial charge >= 0.3 is 0 Å². The molecular weight excluding hydrogens is 286 g/mol. The van der Waals surface area contributed by atoms with Crippen LogP contribution in [0.1, 0.15) is 11.4 Å². The van der Waals surface area contributed by atoms with Crippen LogP contribution in [0.3, 0.4) is 0 Å². The summed E-state index contributed by atoms with van der Waals surface area (Å²) in [5.41, 5.74) is 3.36. The van der Waals surface area contributed by atoms with E-state index in [2.05, 4.69) is 20.7 Å². The highest BCUT2D eigenvalue weighted by atomic mass is 35.5. The molecule has 20 heavy (non-hydrogen) atoms. The molecule has 1 heterocycles. The number of nitrogen functional groups attached to an aromatic ring is 1. The van der Waals surface area contributed by atoms with Crippen molar-refractivity contribution >= 4 is 30.3 Å². The molecule has 3 N–H and O–H groups in total. The standard InChI is InChI=1S/C10H11N7O2.ClH/c1-7-13-15-10(16(7)11)14-12-6-8-2-4-9(5-3-8)17(18)19;/h2-6H,11H2,1H3,(H,14,15);1H/b12-6+;. The molecule has 0 fully saturated rings. The average Bonchev–Trinajstić information content (AvgIpc) is 2.71. The van der Waals surface area contributed by atoms with E-state index in [0.29, 0.717) is 17.3 Å². The van der Waals surface area contributed by atoms with Gasteiger partial charge in [-0.25, -0.2) is 10.1 Å². The van der Waals surface area contributed by atoms with Crippen molar-refractivity contribution in [2.45, 2.75) is 6.92 Å². The molecule has 0 unspecified atom stereocenters. The third-order valence-corrected chi connectivity index (χ3v) is 2.35. The summed E-state index contributed by atoms with van der Waals surface area (Å²) in [6.45, 7) is 1.71. The number of nitrogens with two attached hydrogens (primary N) is 1. The first kappa shape index (κ1) is 15.4. The van der Waals surface area contributed by atoms with Crippen LogP contribution < -0.4 is 11.3 Å². The highest BCUT2D eigenvalue weighted by Gasteiger charge is 2.04. The number of non-ortho nitro benzene ring substituents is 1. The zero-order chi connectivity index (χ0) is 13.8. The van der Waals surface area contributed by atoms with Crippen molar-refractivity contribution in [2.75, 3.05) is 11.3 Å². The Balaban J connectivity index is 0.00000200. The molecule has 106 valence electrons. The quantitative estimate of drug-likeness (QED) is 0.376. The number of hydrazone groups is 1. The number of nitro groups is 1. The molecule has 2 aromatic rings. The van der Waals surface area contributed by atoms with Gasteiger partial charge in [0.1, 0.15) is 0 Å². The van der Waals surface area contributed by atoms with Crippen LogP contribution in [0, 0.1) is 17.0 Å². The second-order valence-electron chi connectivity index (χ2n) is 3.66. The summed E-state index contributed by atoms with van der Waals surface area (Å²) in [5, 5.41) is 21.9. The fourth-order valence-corrected chi connectivity index (χ4v) is 1.29. The maximum Gasteiger partial charge on any atom is 0.269 e. The summed E-state index contributed by atoms with van der Waals surface area (Å²) in [5.74, 6) is 6.47. The highest BCUT2D eigenvalue weighted by Crippen LogP contribution is 2.10. The van der Waals surface area contributed by atoms with Crippen molar-refractivity contribution < 1.29 is 4.92 Å². The molecule has 0 saturated carbocycles. The first-order chi connectivity index (χ1) is 9.08. The van der Waals surface area contributed by atoms with Crippen LogP contribution >= 0.6 is 12.4 Å². The monoisotopic (exact) mass is 297 g/mol. The van der Waals surface area contributed by atoms with E-state index in [-0.39, 0.29) is 18.1 Å². The summed E-state index contributed by atoms with van der Waals surface area (Å²) < 4.78 is 1.26. The zero-order valence-corrected chi connectivity index (χ0v) is 11.2. The van der Waals surface area contributed by atoms with E-state index >= 15 is 0 Å². The molecule has 9 nitrogen and oxygen atoms in total. The van der Waals surface area contributed by atoms with Gasteiger partial charge in [0, 0.05) is 12.1 Å². The van der Waals surface area contributed by atoms with Crippen molar-refractivity contribution in [1.82, 2.24) is 14.9 Å². The Morgan fingerprint density at radius 3 is 2.55 bits per heavy atom. The summed E-state index contributed by atoms with van der Waals surface area (Å²) in [4.78, 5) is 10.0. The van der Waals surface area contributed by atoms with Crippen LogP contribution in [0.15, 0.2) is 29.4 Å². The molecule has 1 aromatic carbocycles. The molecule has 0 aliphatic carbocycles. The molecule has 0 radical (unpaired) electrons. The van der Waals surface area contributed by atoms with Gasteiger partial charge in [0.25, 0.3) is 11.6 Å². The van der Waals surface area contributed by atoms with Crippen LogP contribution in [-0.2, 0) is 0 Å². The van der Waals surface area contributed by atoms with Crippen LogP contribution in [-0.4, -0.2) is 26.0 Å². The number of aromatic nitrogens is 3. The minimum Gasteiger partial charge on any atom is -0.335 e. The van der Waals surface area contributed by atoms with Crippen LogP contribution in [0.4, 0.5) is 11.6 Å². The molecule has 1 aromatic heterocycles. The molecule has 0 amide bonds. The summed E-state index contributed by atoms with van der Waals surface area (Å²) in [7, 11) is 0. The van der Waals surface area contributed by atoms with E-state index < -0.39 is 4.92 Å². The normalized spacial score (nSPS) is 10.2. The van der Waals surface area contributed by atoms with Crippen LogP contribution in [0.5, 0.6) is 0 Å². The maximum atomic E-state index is 10.5. The Morgan fingerprint density at radius 1 is 1.40 bits per heavy atom. The number of rotatable bonds is 4. The van der Waals surface area contributed by atoms with E-state index in [0.717, 1.165) is 0 Å². The second-order valence-corrected chi connectivity index (χ2v) is 3.66. The Morgan fingerprint density at radius 2 is 2.05 bits per heavy atom. The van der Waals surface area contributed by atoms with Gasteiger partial charge in [0.15, 0.2) is 5.82 Å². The Labute approximate surface area is 120 Å². The fraction of sp³-hybridized carbons (Fsp3) is 0.100. The molecule has 0 aliphatic heterocycles. The molecular formula is C10H12ClN7O2. The largest absolute Gasteiger partial charge is 0.335 e. The van der Waals surface area contributed by atoms with E-state index in [1.54, 1.807) is 19.1 Å². The van der Waals surface area contributed by atoms with Crippen LogP contribution in [0.25, 0.3) is 0 Å². The van der Waals surface area contributed by atoms with Gasteiger partial charge in [-0.2, -0.15) is 5.10 Å². The predicted octanol–water partition coefficient (Wildman–Crippen LogP) is 1.08. The number of halogens is 1. The number of benzene rings is 1. The molecule has 0 bridgehead atoms. The van der Waals surface area contributed by atoms with Gasteiger partial charge in [0.05, 0.1) is 11.1 Å². The minimum atomic E-state index is -0.459. The lowest BCUT2D eigenvalue weighted by atomic mass is 10.2. The summed E-state index contributed by atoms with van der Waals surface area (Å²) >= 11 is 0. The van der Waals surface area contributed by atoms with Crippen molar-refractivity contribution in [3.63, 3.8) is 0 Å². The Hall–Kier alpha value is -2.68. The average molecular weight is 298 g/mol. The van der Waals surface area contributed by atoms with Gasteiger partial charge in [-0.3, -0.25) is 10.1 Å². The van der Waals surface area contributed by atoms with Gasteiger partial charge in [-0.1, -0.05) is 0 Å². The summed E-state index contributed by atoms with van der Waals surface area (Å²) in [6, 6.07) is 5.97. The first-order valence-electron chi connectivity index (χ1n) is 5.28. The van der Waals surface area contributed by atoms with E-state index in [9.17, 15) is 10.1 Å². The van der Waals surface area contributed by atoms with E-state index in [1.165, 1.54) is 23.0 Å². The molecule has 0 spiro atoms. The van der Waals surface area contributed by atoms with Gasteiger partial charge < -0.3 is 5.84 Å². The predicted molar refractivity (Wildman–Crippen MR) is 76.5 cm³/mol. The summed E-state index contributed by atoms with van der Waals surface area (Å²) in [6.07, 6.45) is 1.49. The Kier molecular flexibility index (Phi) is 4.98. The third-order valence-electron chi connectivity index (χ3n) is 2.35. The molecule has 0 atom stereocenters. The highest BCUT2D eigenvalue weighted by molar-refractivity contribution is 5.85. The number of anilines is 1. The molecule has 0 saturated heterocycles. The molecule has 0 aliphatic rings. The van der Waals surface area contributed by atoms with E-state index in [1.807, 2.05) is 0 Å². The third kappa shape index (κ3) is 3.42. The lowest BCUT2D eigenvalue weighted by Crippen LogP contribution is -2.13. The minimum absolute atomic E-state index is 0. The SMILES string of the molecule is Cc1nnc(N/N=C/c2ccc([N+](=O)[O-])cc2)n1N.Cl. The molecule has 10 heteroatoms. The van der Waals surface area contributed by atoms with E-state index in [4.69, 9.17) is 5.84 Å². The van der Waals surface area contributed by atoms with Gasteiger partial charge in [-0.05, 0) is 24.6 Å². The fourth-order valence-electron chi connectivity index (χ4n) is 1.29. The smallest absolute Gasteiger partial charge is 0.269 e. The van der Waals surface area contributed by atoms with Crippen molar-refractivity contribution in [3.05, 3.63) is 45.8 Å². The second kappa shape index (κ2) is 6.48. The number of hydrogen-bond donors (Lipinski definition) is 2. The van der Waals surface area contributed by atoms with Gasteiger partial charge in [-0.15, -0.1) is 22.6 Å². The van der Waals surface area contributed by atoms with Crippen molar-refractivity contribution in [3.8, 4) is 0 Å². The number of aryl methyl sites for hydroxylation is 1. The maximum absolute atomic E-state index is 10.5. The number of nitrogens with one attached hydrogen (secondary N) is 1. The zero-order valence-electron chi connectivity index (χ0n) is 10.4. The van der Waals surface area contributed by atoms with Crippen molar-refractivity contribution in [2.24, 2.45) is 5.10 Å². The number of nitro benzene ring substituents is 1. The lowest BCUT2D eigenvalue weighted by Gasteiger charge is -1.99. The number of hydrogen-bond acceptors (Lipinski definition) is 7. The lowest BCUT2D eigenvalue weighted by molar-refractivity contribution is -0.384. The number of nitrogens with zero attached hydrogens (tertiary/aromatic N) is 5.